The number of hydrogen-bond acceptors (Lipinski definition) is 9. The molecule has 44 heavy (non-hydrogen) atoms. The van der Waals surface area contributed by atoms with Crippen LogP contribution in [0.5, 0.6) is 0 Å². The molecule has 3 aromatic rings. The lowest BCUT2D eigenvalue weighted by molar-refractivity contribution is -0.549. The molecule has 3 aromatic carbocycles. The summed E-state index contributed by atoms with van der Waals surface area (Å²) in [4.78, 5) is 26.1. The summed E-state index contributed by atoms with van der Waals surface area (Å²) in [6, 6.07) is 20.0. The molecule has 0 unspecified atom stereocenters. The van der Waals surface area contributed by atoms with Crippen molar-refractivity contribution in [2.24, 2.45) is 16.5 Å². The van der Waals surface area contributed by atoms with Gasteiger partial charge >= 0.3 is 5.97 Å². The highest BCUT2D eigenvalue weighted by molar-refractivity contribution is 7.86. The fraction of sp³-hybridized carbons (Fsp3) is 0.259. The lowest BCUT2D eigenvalue weighted by Crippen LogP contribution is -2.41. The zero-order chi connectivity index (χ0) is 33.3. The molecule has 3 rings (SSSR count). The maximum atomic E-state index is 11.9. The van der Waals surface area contributed by atoms with E-state index in [1.807, 2.05) is 37.5 Å². The van der Waals surface area contributed by atoms with E-state index < -0.39 is 37.3 Å². The fourth-order valence-corrected chi connectivity index (χ4v) is 4.08. The van der Waals surface area contributed by atoms with Gasteiger partial charge in [0, 0.05) is 6.54 Å². The number of aliphatic imine (C=N–C) groups is 1. The Morgan fingerprint density at radius 3 is 1.73 bits per heavy atom. The van der Waals surface area contributed by atoms with E-state index in [-0.39, 0.29) is 35.3 Å². The van der Waals surface area contributed by atoms with E-state index in [9.17, 15) is 31.7 Å². The number of rotatable bonds is 11. The normalized spacial score (nSPS) is 11.4. The molecule has 0 aliphatic carbocycles. The molecule has 0 saturated carbocycles. The molecule has 0 amide bonds. The molecule has 0 aliphatic rings. The van der Waals surface area contributed by atoms with Gasteiger partial charge < -0.3 is 16.2 Å². The Bertz CT molecular complexity index is 1500. The summed E-state index contributed by atoms with van der Waals surface area (Å²) in [6.07, 6.45) is 0.592. The Hall–Kier alpha value is -4.58. The maximum absolute atomic E-state index is 11.9. The second kappa shape index (κ2) is 18.2. The van der Waals surface area contributed by atoms with Crippen molar-refractivity contribution in [3.05, 3.63) is 106 Å². The highest BCUT2D eigenvalue weighted by atomic mass is 32.2. The predicted molar refractivity (Wildman–Crippen MR) is 162 cm³/mol. The van der Waals surface area contributed by atoms with Gasteiger partial charge in [0.25, 0.3) is 20.2 Å². The third kappa shape index (κ3) is 16.2. The summed E-state index contributed by atoms with van der Waals surface area (Å²) in [5.41, 5.74) is 15.0. The molecular formula is C27H35N5O10S2. The van der Waals surface area contributed by atoms with Gasteiger partial charge in [0.15, 0.2) is 17.0 Å². The first-order valence-electron chi connectivity index (χ1n) is 12.7. The monoisotopic (exact) mass is 653 g/mol. The van der Waals surface area contributed by atoms with Gasteiger partial charge in [-0.2, -0.15) is 16.8 Å². The van der Waals surface area contributed by atoms with Gasteiger partial charge in [-0.15, -0.1) is 5.43 Å². The topological polar surface area (TPSA) is 255 Å². The minimum atomic E-state index is -4.02. The minimum Gasteiger partial charge on any atom is -0.459 e. The number of nitrogens with two attached hydrogens (primary N) is 2. The first kappa shape index (κ1) is 37.4. The molecule has 0 radical (unpaired) electrons. The van der Waals surface area contributed by atoms with Crippen molar-refractivity contribution in [1.29, 1.82) is 0 Å². The Morgan fingerprint density at radius 2 is 1.34 bits per heavy atom. The van der Waals surface area contributed by atoms with Crippen LogP contribution in [0.2, 0.25) is 0 Å². The molecule has 1 atom stereocenters. The summed E-state index contributed by atoms with van der Waals surface area (Å²) in [5.74, 6) is -0.754. The van der Waals surface area contributed by atoms with Crippen LogP contribution in [0.4, 0.5) is 0 Å². The van der Waals surface area contributed by atoms with Crippen LogP contribution in [0.3, 0.4) is 0 Å². The average molecular weight is 654 g/mol. The van der Waals surface area contributed by atoms with Crippen molar-refractivity contribution >= 4 is 32.2 Å². The molecule has 7 N–H and O–H groups in total. The second-order valence-electron chi connectivity index (χ2n) is 9.06. The third-order valence-corrected chi connectivity index (χ3v) is 7.09. The largest absolute Gasteiger partial charge is 0.459 e. The number of carbonyl (C=O) groups excluding carboxylic acids is 1. The summed E-state index contributed by atoms with van der Waals surface area (Å²) in [6.45, 7) is 4.02. The van der Waals surface area contributed by atoms with Gasteiger partial charge in [0.05, 0.1) is 9.79 Å². The number of ether oxygens (including phenoxy) is 1. The molecule has 0 aromatic heterocycles. The van der Waals surface area contributed by atoms with Crippen molar-refractivity contribution in [3.63, 3.8) is 0 Å². The van der Waals surface area contributed by atoms with E-state index in [1.54, 1.807) is 36.4 Å². The van der Waals surface area contributed by atoms with Crippen LogP contribution < -0.4 is 16.9 Å². The summed E-state index contributed by atoms with van der Waals surface area (Å²) in [7, 11) is -8.04. The molecule has 0 fully saturated rings. The maximum Gasteiger partial charge on any atom is 0.334 e. The summed E-state index contributed by atoms with van der Waals surface area (Å²) >= 11 is 0. The van der Waals surface area contributed by atoms with Crippen LogP contribution in [0.1, 0.15) is 29.5 Å². The second-order valence-corrected chi connectivity index (χ2v) is 11.9. The number of esters is 1. The van der Waals surface area contributed by atoms with Gasteiger partial charge in [0.1, 0.15) is 6.61 Å². The molecule has 15 nitrogen and oxygen atoms in total. The smallest absolute Gasteiger partial charge is 0.334 e. The van der Waals surface area contributed by atoms with Gasteiger partial charge in [-0.25, -0.2) is 14.9 Å². The van der Waals surface area contributed by atoms with E-state index in [0.29, 0.717) is 6.42 Å². The van der Waals surface area contributed by atoms with E-state index in [1.165, 1.54) is 24.3 Å². The van der Waals surface area contributed by atoms with Crippen molar-refractivity contribution in [1.82, 2.24) is 5.43 Å². The number of guanidine groups is 1. The van der Waals surface area contributed by atoms with E-state index in [0.717, 1.165) is 16.7 Å². The Labute approximate surface area is 255 Å². The SMILES string of the molecule is Cc1ccc(S(=O)(=O)O)cc1.Cc1ccc(S(=O)(=O)O)cc1.NC(N)=NCCC[C@H](N[N+](=O)[O-])C(=O)OCc1ccccc1. The van der Waals surface area contributed by atoms with E-state index >= 15 is 0 Å². The molecule has 0 saturated heterocycles. The minimum absolute atomic E-state index is 0.0590. The van der Waals surface area contributed by atoms with Gasteiger partial charge in [0.2, 0.25) is 0 Å². The predicted octanol–water partition coefficient (Wildman–Crippen LogP) is 2.42. The Balaban J connectivity index is 0.000000367. The van der Waals surface area contributed by atoms with Crippen LogP contribution in [0.15, 0.2) is 93.6 Å². The number of aryl methyl sites for hydroxylation is 2. The number of hydrazine groups is 1. The highest BCUT2D eigenvalue weighted by Gasteiger charge is 2.24. The van der Waals surface area contributed by atoms with Crippen molar-refractivity contribution < 1.29 is 40.5 Å². The van der Waals surface area contributed by atoms with Crippen molar-refractivity contribution in [2.75, 3.05) is 6.54 Å². The Kier molecular flexibility index (Phi) is 15.5. The molecule has 0 spiro atoms. The first-order valence-corrected chi connectivity index (χ1v) is 15.6. The molecule has 0 bridgehead atoms. The fourth-order valence-electron chi connectivity index (χ4n) is 3.12. The van der Waals surface area contributed by atoms with Crippen molar-refractivity contribution in [2.45, 2.75) is 49.1 Å². The molecular weight excluding hydrogens is 618 g/mol. The van der Waals surface area contributed by atoms with Crippen LogP contribution >= 0.6 is 0 Å². The molecule has 0 aliphatic heterocycles. The molecule has 240 valence electrons. The average Bonchev–Trinajstić information content (AvgIpc) is 2.94. The lowest BCUT2D eigenvalue weighted by atomic mass is 10.1. The quantitative estimate of drug-likeness (QED) is 0.0379. The van der Waals surface area contributed by atoms with Crippen LogP contribution in [0, 0.1) is 24.0 Å². The number of hydrogen-bond donors (Lipinski definition) is 5. The summed E-state index contributed by atoms with van der Waals surface area (Å²) < 4.78 is 64.2. The zero-order valence-electron chi connectivity index (χ0n) is 23.9. The van der Waals surface area contributed by atoms with Gasteiger partial charge in [-0.3, -0.25) is 14.1 Å². The number of benzene rings is 3. The van der Waals surface area contributed by atoms with Gasteiger partial charge in [-0.1, -0.05) is 65.7 Å². The van der Waals surface area contributed by atoms with E-state index in [2.05, 4.69) is 4.99 Å². The van der Waals surface area contributed by atoms with E-state index in [4.69, 9.17) is 25.3 Å². The number of nitrogens with one attached hydrogen (secondary N) is 1. The van der Waals surface area contributed by atoms with Crippen molar-refractivity contribution in [3.8, 4) is 0 Å². The van der Waals surface area contributed by atoms with Crippen LogP contribution in [0.25, 0.3) is 0 Å². The number of nitro groups is 1. The van der Waals surface area contributed by atoms with Gasteiger partial charge in [-0.05, 0) is 56.5 Å². The molecule has 0 heterocycles. The van der Waals surface area contributed by atoms with Crippen LogP contribution in [-0.2, 0) is 36.4 Å². The number of carbonyl (C=O) groups is 1. The Morgan fingerprint density at radius 1 is 0.886 bits per heavy atom. The van der Waals surface area contributed by atoms with Crippen LogP contribution in [-0.4, -0.2) is 55.5 Å². The standard InChI is InChI=1S/C13H19N5O4.2C7H8O3S/c14-13(15)16-8-4-7-11(17-18(20)21)12(19)22-9-10-5-2-1-3-6-10;2*1-6-2-4-7(5-3-6)11(8,9)10/h1-3,5-6,11,17H,4,7-9H2,(H4,14,15,16);2*2-5H,1H3,(H,8,9,10)/t11-;;/m0../s1. The highest BCUT2D eigenvalue weighted by Crippen LogP contribution is 2.10. The first-order chi connectivity index (χ1) is 20.5. The lowest BCUT2D eigenvalue weighted by Gasteiger charge is -2.13. The zero-order valence-corrected chi connectivity index (χ0v) is 25.6. The molecule has 17 heteroatoms. The summed E-state index contributed by atoms with van der Waals surface area (Å²) in [5, 5.41) is 9.78. The third-order valence-electron chi connectivity index (χ3n) is 5.35. The number of nitrogens with zero attached hydrogens (tertiary/aromatic N) is 2.